The third-order valence-corrected chi connectivity index (χ3v) is 1.91. The van der Waals surface area contributed by atoms with Crippen molar-refractivity contribution in [1.29, 1.82) is 0 Å². The summed E-state index contributed by atoms with van der Waals surface area (Å²) in [4.78, 5) is 10.5. The Morgan fingerprint density at radius 3 is 2.38 bits per heavy atom. The second-order valence-corrected chi connectivity index (χ2v) is 3.24. The first-order chi connectivity index (χ1) is 7.56. The van der Waals surface area contributed by atoms with Crippen LogP contribution in [0.25, 0.3) is 0 Å². The van der Waals surface area contributed by atoms with Gasteiger partial charge in [-0.2, -0.15) is 0 Å². The number of benzene rings is 1. The Kier molecular flexibility index (Phi) is 4.27. The zero-order valence-electron chi connectivity index (χ0n) is 8.06. The average molecular weight is 245 g/mol. The van der Waals surface area contributed by atoms with E-state index in [1.165, 1.54) is 0 Å². The molecule has 0 saturated heterocycles. The van der Waals surface area contributed by atoms with E-state index in [0.29, 0.717) is 6.42 Å². The lowest BCUT2D eigenvalue weighted by atomic mass is 10.1. The Labute approximate surface area is 95.8 Å². The molecule has 0 radical (unpaired) electrons. The van der Waals surface area contributed by atoms with E-state index < -0.39 is 28.7 Å². The van der Waals surface area contributed by atoms with Gasteiger partial charge in [0.1, 0.15) is 11.6 Å². The van der Waals surface area contributed by atoms with Crippen molar-refractivity contribution in [2.45, 2.75) is 6.42 Å². The molecule has 0 aliphatic carbocycles. The summed E-state index contributed by atoms with van der Waals surface area (Å²) in [5.74, 6) is 1.65. The SMILES string of the molecule is O=C(O)c1cc(F)c(C#CCCCl)c(F)c1. The van der Waals surface area contributed by atoms with E-state index in [1.807, 2.05) is 0 Å². The summed E-state index contributed by atoms with van der Waals surface area (Å²) in [5.41, 5.74) is -0.881. The molecule has 0 bridgehead atoms. The predicted octanol–water partition coefficient (Wildman–Crippen LogP) is 2.64. The Morgan fingerprint density at radius 2 is 1.94 bits per heavy atom. The van der Waals surface area contributed by atoms with Crippen LogP contribution in [0.3, 0.4) is 0 Å². The number of aromatic carboxylic acids is 1. The predicted molar refractivity (Wildman–Crippen MR) is 55.5 cm³/mol. The van der Waals surface area contributed by atoms with Crippen LogP contribution in [0.1, 0.15) is 22.3 Å². The summed E-state index contributed by atoms with van der Waals surface area (Å²) >= 11 is 5.35. The van der Waals surface area contributed by atoms with Gasteiger partial charge >= 0.3 is 5.97 Å². The van der Waals surface area contributed by atoms with Gasteiger partial charge in [-0.25, -0.2) is 13.6 Å². The number of rotatable bonds is 2. The first-order valence-corrected chi connectivity index (χ1v) is 4.87. The third-order valence-electron chi connectivity index (χ3n) is 1.72. The lowest BCUT2D eigenvalue weighted by molar-refractivity contribution is 0.0695. The molecule has 1 N–H and O–H groups in total. The molecular weight excluding hydrogens is 238 g/mol. The molecule has 1 aromatic carbocycles. The van der Waals surface area contributed by atoms with Crippen molar-refractivity contribution in [1.82, 2.24) is 0 Å². The molecule has 0 aromatic heterocycles. The Hall–Kier alpha value is -1.60. The zero-order chi connectivity index (χ0) is 12.1. The fourth-order valence-electron chi connectivity index (χ4n) is 1.01. The smallest absolute Gasteiger partial charge is 0.335 e. The van der Waals surface area contributed by atoms with E-state index in [4.69, 9.17) is 16.7 Å². The minimum absolute atomic E-state index is 0.267. The van der Waals surface area contributed by atoms with Crippen LogP contribution < -0.4 is 0 Å². The fraction of sp³-hybridized carbons (Fsp3) is 0.182. The van der Waals surface area contributed by atoms with Gasteiger partial charge in [0.25, 0.3) is 0 Å². The molecule has 5 heteroatoms. The minimum atomic E-state index is -1.39. The highest BCUT2D eigenvalue weighted by molar-refractivity contribution is 6.18. The molecule has 0 saturated carbocycles. The lowest BCUT2D eigenvalue weighted by Gasteiger charge is -1.99. The summed E-state index contributed by atoms with van der Waals surface area (Å²) in [6, 6.07) is 1.46. The molecular formula is C11H7ClF2O2. The van der Waals surface area contributed by atoms with Gasteiger partial charge in [0.05, 0.1) is 11.1 Å². The van der Waals surface area contributed by atoms with Gasteiger partial charge in [0.2, 0.25) is 0 Å². The number of hydrogen-bond donors (Lipinski definition) is 1. The maximum absolute atomic E-state index is 13.3. The fourth-order valence-corrected chi connectivity index (χ4v) is 1.11. The second-order valence-electron chi connectivity index (χ2n) is 2.86. The lowest BCUT2D eigenvalue weighted by Crippen LogP contribution is -2.01. The van der Waals surface area contributed by atoms with E-state index in [2.05, 4.69) is 11.8 Å². The number of alkyl halides is 1. The van der Waals surface area contributed by atoms with Crippen molar-refractivity contribution in [2.24, 2.45) is 0 Å². The molecule has 0 amide bonds. The van der Waals surface area contributed by atoms with E-state index in [1.54, 1.807) is 0 Å². The van der Waals surface area contributed by atoms with Gasteiger partial charge < -0.3 is 5.11 Å². The number of carbonyl (C=O) groups is 1. The molecule has 2 nitrogen and oxygen atoms in total. The van der Waals surface area contributed by atoms with E-state index in [0.717, 1.165) is 12.1 Å². The molecule has 0 aliphatic heterocycles. The normalized spacial score (nSPS) is 9.44. The number of hydrogen-bond acceptors (Lipinski definition) is 1. The highest BCUT2D eigenvalue weighted by Crippen LogP contribution is 2.14. The Bertz CT molecular complexity index is 452. The summed E-state index contributed by atoms with van der Waals surface area (Å²) in [6.07, 6.45) is 0.307. The van der Waals surface area contributed by atoms with Crippen LogP contribution in [0.4, 0.5) is 8.78 Å². The molecule has 1 aromatic rings. The molecule has 0 atom stereocenters. The first kappa shape index (κ1) is 12.5. The molecule has 0 unspecified atom stereocenters. The Morgan fingerprint density at radius 1 is 1.38 bits per heavy atom. The van der Waals surface area contributed by atoms with E-state index >= 15 is 0 Å². The summed E-state index contributed by atoms with van der Waals surface area (Å²) in [5, 5.41) is 8.55. The van der Waals surface area contributed by atoms with Crippen molar-refractivity contribution in [3.63, 3.8) is 0 Å². The van der Waals surface area contributed by atoms with Gasteiger partial charge in [-0.05, 0) is 12.1 Å². The van der Waals surface area contributed by atoms with Crippen LogP contribution in [0, 0.1) is 23.5 Å². The minimum Gasteiger partial charge on any atom is -0.478 e. The summed E-state index contributed by atoms with van der Waals surface area (Å²) in [6.45, 7) is 0. The summed E-state index contributed by atoms with van der Waals surface area (Å²) in [7, 11) is 0. The molecule has 1 rings (SSSR count). The topological polar surface area (TPSA) is 37.3 Å². The molecule has 0 spiro atoms. The van der Waals surface area contributed by atoms with Crippen LogP contribution in [-0.4, -0.2) is 17.0 Å². The first-order valence-electron chi connectivity index (χ1n) is 4.33. The van der Waals surface area contributed by atoms with Crippen LogP contribution >= 0.6 is 11.6 Å². The zero-order valence-corrected chi connectivity index (χ0v) is 8.81. The largest absolute Gasteiger partial charge is 0.478 e. The van der Waals surface area contributed by atoms with Crippen LogP contribution in [0.5, 0.6) is 0 Å². The van der Waals surface area contributed by atoms with Gasteiger partial charge in [-0.3, -0.25) is 0 Å². The van der Waals surface area contributed by atoms with Crippen molar-refractivity contribution in [3.05, 3.63) is 34.9 Å². The average Bonchev–Trinajstić information content (AvgIpc) is 2.21. The van der Waals surface area contributed by atoms with Crippen molar-refractivity contribution >= 4 is 17.6 Å². The molecule has 16 heavy (non-hydrogen) atoms. The molecule has 0 heterocycles. The quantitative estimate of drug-likeness (QED) is 0.641. The van der Waals surface area contributed by atoms with Crippen LogP contribution in [-0.2, 0) is 0 Å². The van der Waals surface area contributed by atoms with Crippen LogP contribution in [0.2, 0.25) is 0 Å². The molecule has 0 aliphatic rings. The van der Waals surface area contributed by atoms with Crippen molar-refractivity contribution in [2.75, 3.05) is 5.88 Å². The van der Waals surface area contributed by atoms with Gasteiger partial charge in [0, 0.05) is 12.3 Å². The monoisotopic (exact) mass is 244 g/mol. The maximum atomic E-state index is 13.3. The summed E-state index contributed by atoms with van der Waals surface area (Å²) < 4.78 is 26.5. The molecule has 0 fully saturated rings. The number of halogens is 3. The van der Waals surface area contributed by atoms with Crippen molar-refractivity contribution < 1.29 is 18.7 Å². The second kappa shape index (κ2) is 5.47. The van der Waals surface area contributed by atoms with Gasteiger partial charge in [0.15, 0.2) is 0 Å². The van der Waals surface area contributed by atoms with Crippen molar-refractivity contribution in [3.8, 4) is 11.8 Å². The maximum Gasteiger partial charge on any atom is 0.335 e. The number of carboxylic acid groups (broad SMARTS) is 1. The highest BCUT2D eigenvalue weighted by Gasteiger charge is 2.12. The van der Waals surface area contributed by atoms with Gasteiger partial charge in [-0.15, -0.1) is 11.6 Å². The molecule has 84 valence electrons. The standard InChI is InChI=1S/C11H7ClF2O2/c12-4-2-1-3-8-9(13)5-7(11(15)16)6-10(8)14/h5-6H,2,4H2,(H,15,16). The highest BCUT2D eigenvalue weighted by atomic mass is 35.5. The number of carboxylic acids is 1. The van der Waals surface area contributed by atoms with E-state index in [-0.39, 0.29) is 5.88 Å². The van der Waals surface area contributed by atoms with Gasteiger partial charge in [-0.1, -0.05) is 11.8 Å². The Balaban J connectivity index is 3.14. The van der Waals surface area contributed by atoms with E-state index in [9.17, 15) is 13.6 Å². The van der Waals surface area contributed by atoms with Crippen LogP contribution in [0.15, 0.2) is 12.1 Å². The third kappa shape index (κ3) is 2.94.